The lowest BCUT2D eigenvalue weighted by Gasteiger charge is -2.14. The second kappa shape index (κ2) is 8.48. The van der Waals surface area contributed by atoms with Crippen LogP contribution < -0.4 is 4.74 Å². The lowest BCUT2D eigenvalue weighted by Crippen LogP contribution is -2.11. The molecule has 0 spiro atoms. The fourth-order valence-corrected chi connectivity index (χ4v) is 2.87. The van der Waals surface area contributed by atoms with Crippen molar-refractivity contribution in [1.29, 1.82) is 0 Å². The zero-order valence-corrected chi connectivity index (χ0v) is 14.4. The summed E-state index contributed by atoms with van der Waals surface area (Å²) in [6, 6.07) is 18.6. The van der Waals surface area contributed by atoms with Gasteiger partial charge in [0.25, 0.3) is 0 Å². The van der Waals surface area contributed by atoms with Crippen LogP contribution in [-0.2, 0) is 6.42 Å². The molecule has 1 nitrogen and oxygen atoms in total. The highest BCUT2D eigenvalue weighted by molar-refractivity contribution is 9.10. The highest BCUT2D eigenvalue weighted by Crippen LogP contribution is 2.18. The van der Waals surface area contributed by atoms with Crippen LogP contribution in [0.1, 0.15) is 12.0 Å². The molecule has 0 heterocycles. The molecule has 0 fully saturated rings. The lowest BCUT2D eigenvalue weighted by atomic mass is 9.98. The van der Waals surface area contributed by atoms with E-state index in [1.807, 2.05) is 24.3 Å². The summed E-state index contributed by atoms with van der Waals surface area (Å²) in [7, 11) is 0. The zero-order valence-electron chi connectivity index (χ0n) is 11.3. The van der Waals surface area contributed by atoms with E-state index in [9.17, 15) is 0 Å². The van der Waals surface area contributed by atoms with Gasteiger partial charge in [0.15, 0.2) is 0 Å². The van der Waals surface area contributed by atoms with Gasteiger partial charge >= 0.3 is 0 Å². The Bertz CT molecular complexity index is 496. The maximum atomic E-state index is 5.79. The van der Waals surface area contributed by atoms with E-state index in [0.717, 1.165) is 35.0 Å². The van der Waals surface area contributed by atoms with Gasteiger partial charge in [0, 0.05) is 9.80 Å². The smallest absolute Gasteiger partial charge is 0.119 e. The maximum absolute atomic E-state index is 5.79. The molecule has 0 aliphatic carbocycles. The molecule has 0 aliphatic rings. The first-order valence-corrected chi connectivity index (χ1v) is 8.67. The summed E-state index contributed by atoms with van der Waals surface area (Å²) in [5.74, 6) is 1.54. The van der Waals surface area contributed by atoms with E-state index in [-0.39, 0.29) is 0 Å². The minimum Gasteiger partial charge on any atom is -0.494 e. The van der Waals surface area contributed by atoms with Crippen molar-refractivity contribution in [2.24, 2.45) is 5.92 Å². The van der Waals surface area contributed by atoms with E-state index in [2.05, 4.69) is 62.2 Å². The van der Waals surface area contributed by atoms with Gasteiger partial charge in [-0.25, -0.2) is 0 Å². The van der Waals surface area contributed by atoms with Gasteiger partial charge in [0.1, 0.15) is 5.75 Å². The third kappa shape index (κ3) is 5.29. The number of halogens is 2. The molecule has 2 rings (SSSR count). The van der Waals surface area contributed by atoms with Gasteiger partial charge < -0.3 is 4.74 Å². The Balaban J connectivity index is 1.78. The van der Waals surface area contributed by atoms with E-state index in [0.29, 0.717) is 5.92 Å². The highest BCUT2D eigenvalue weighted by Gasteiger charge is 2.08. The maximum Gasteiger partial charge on any atom is 0.119 e. The van der Waals surface area contributed by atoms with Gasteiger partial charge in [-0.05, 0) is 48.6 Å². The number of alkyl halides is 1. The molecule has 0 N–H and O–H groups in total. The van der Waals surface area contributed by atoms with Crippen molar-refractivity contribution in [3.63, 3.8) is 0 Å². The standard InChI is InChI=1S/C17H18Br2O/c18-13-15(12-14-4-2-1-3-5-14)10-11-20-17-8-6-16(19)7-9-17/h1-9,15H,10-13H2. The molecule has 0 amide bonds. The molecule has 2 aromatic rings. The summed E-state index contributed by atoms with van der Waals surface area (Å²) in [6.45, 7) is 0.755. The van der Waals surface area contributed by atoms with Gasteiger partial charge in [-0.3, -0.25) is 0 Å². The van der Waals surface area contributed by atoms with E-state index in [1.54, 1.807) is 0 Å². The number of benzene rings is 2. The fourth-order valence-electron chi connectivity index (χ4n) is 2.06. The van der Waals surface area contributed by atoms with Crippen LogP contribution in [0.3, 0.4) is 0 Å². The van der Waals surface area contributed by atoms with Gasteiger partial charge in [0.05, 0.1) is 6.61 Å². The predicted molar refractivity (Wildman–Crippen MR) is 91.7 cm³/mol. The molecule has 20 heavy (non-hydrogen) atoms. The van der Waals surface area contributed by atoms with Crippen LogP contribution >= 0.6 is 31.9 Å². The Labute approximate surface area is 137 Å². The molecule has 0 aromatic heterocycles. The van der Waals surface area contributed by atoms with E-state index in [1.165, 1.54) is 5.56 Å². The summed E-state index contributed by atoms with van der Waals surface area (Å²) in [5.41, 5.74) is 1.39. The SMILES string of the molecule is BrCC(CCOc1ccc(Br)cc1)Cc1ccccc1. The number of hydrogen-bond donors (Lipinski definition) is 0. The second-order valence-electron chi connectivity index (χ2n) is 4.80. The first-order chi connectivity index (χ1) is 9.78. The van der Waals surface area contributed by atoms with Crippen molar-refractivity contribution >= 4 is 31.9 Å². The number of rotatable bonds is 7. The van der Waals surface area contributed by atoms with Crippen LogP contribution in [0, 0.1) is 5.92 Å². The predicted octanol–water partition coefficient (Wildman–Crippen LogP) is 5.47. The molecule has 1 atom stereocenters. The third-order valence-electron chi connectivity index (χ3n) is 3.19. The molecule has 3 heteroatoms. The monoisotopic (exact) mass is 396 g/mol. The minimum absolute atomic E-state index is 0.604. The van der Waals surface area contributed by atoms with Crippen molar-refractivity contribution in [3.05, 3.63) is 64.6 Å². The number of hydrogen-bond acceptors (Lipinski definition) is 1. The van der Waals surface area contributed by atoms with Crippen LogP contribution in [0.5, 0.6) is 5.75 Å². The van der Waals surface area contributed by atoms with Crippen LogP contribution in [-0.4, -0.2) is 11.9 Å². The average Bonchev–Trinajstić information content (AvgIpc) is 2.49. The Kier molecular flexibility index (Phi) is 6.61. The molecular formula is C17H18Br2O. The van der Waals surface area contributed by atoms with Crippen molar-refractivity contribution in [1.82, 2.24) is 0 Å². The van der Waals surface area contributed by atoms with E-state index in [4.69, 9.17) is 4.74 Å². The van der Waals surface area contributed by atoms with E-state index < -0.39 is 0 Å². The molecule has 106 valence electrons. The summed E-state index contributed by atoms with van der Waals surface area (Å²) in [4.78, 5) is 0. The highest BCUT2D eigenvalue weighted by atomic mass is 79.9. The topological polar surface area (TPSA) is 9.23 Å². The minimum atomic E-state index is 0.604. The van der Waals surface area contributed by atoms with Gasteiger partial charge in [-0.15, -0.1) is 0 Å². The van der Waals surface area contributed by atoms with Crippen molar-refractivity contribution in [2.75, 3.05) is 11.9 Å². The van der Waals surface area contributed by atoms with Crippen LogP contribution in [0.4, 0.5) is 0 Å². The van der Waals surface area contributed by atoms with Gasteiger partial charge in [0.2, 0.25) is 0 Å². The molecule has 0 radical (unpaired) electrons. The Morgan fingerprint density at radius 1 is 0.950 bits per heavy atom. The van der Waals surface area contributed by atoms with E-state index >= 15 is 0 Å². The summed E-state index contributed by atoms with van der Waals surface area (Å²) < 4.78 is 6.87. The average molecular weight is 398 g/mol. The molecule has 0 saturated heterocycles. The van der Waals surface area contributed by atoms with Gasteiger partial charge in [-0.1, -0.05) is 62.2 Å². The molecule has 0 bridgehead atoms. The first-order valence-electron chi connectivity index (χ1n) is 6.76. The largest absolute Gasteiger partial charge is 0.494 e. The summed E-state index contributed by atoms with van der Waals surface area (Å²) >= 11 is 7.03. The molecule has 2 aromatic carbocycles. The Morgan fingerprint density at radius 2 is 1.65 bits per heavy atom. The Hall–Kier alpha value is -0.800. The van der Waals surface area contributed by atoms with Crippen molar-refractivity contribution in [2.45, 2.75) is 12.8 Å². The zero-order chi connectivity index (χ0) is 14.2. The summed E-state index contributed by atoms with van der Waals surface area (Å²) in [6.07, 6.45) is 2.14. The van der Waals surface area contributed by atoms with Crippen molar-refractivity contribution in [3.8, 4) is 5.75 Å². The molecule has 0 saturated carbocycles. The normalized spacial score (nSPS) is 12.1. The van der Waals surface area contributed by atoms with Crippen LogP contribution in [0.25, 0.3) is 0 Å². The number of ether oxygens (including phenoxy) is 1. The lowest BCUT2D eigenvalue weighted by molar-refractivity contribution is 0.285. The fraction of sp³-hybridized carbons (Fsp3) is 0.294. The first kappa shape index (κ1) is 15.6. The van der Waals surface area contributed by atoms with Crippen LogP contribution in [0.2, 0.25) is 0 Å². The quantitative estimate of drug-likeness (QED) is 0.562. The van der Waals surface area contributed by atoms with Gasteiger partial charge in [-0.2, -0.15) is 0 Å². The molecule has 1 unspecified atom stereocenters. The summed E-state index contributed by atoms with van der Waals surface area (Å²) in [5, 5.41) is 1.01. The van der Waals surface area contributed by atoms with Crippen LogP contribution in [0.15, 0.2) is 59.1 Å². The molecular weight excluding hydrogens is 380 g/mol. The Morgan fingerprint density at radius 3 is 2.30 bits per heavy atom. The second-order valence-corrected chi connectivity index (χ2v) is 6.36. The molecule has 0 aliphatic heterocycles. The third-order valence-corrected chi connectivity index (χ3v) is 4.64. The van der Waals surface area contributed by atoms with Crippen molar-refractivity contribution < 1.29 is 4.74 Å².